The Hall–Kier alpha value is -2.09. The summed E-state index contributed by atoms with van der Waals surface area (Å²) in [4.78, 5) is 16.1. The van der Waals surface area contributed by atoms with Gasteiger partial charge in [-0.05, 0) is 39.7 Å². The minimum atomic E-state index is -0.124. The lowest BCUT2D eigenvalue weighted by molar-refractivity contribution is -0.119. The van der Waals surface area contributed by atoms with Crippen LogP contribution in [0.3, 0.4) is 0 Å². The Balaban J connectivity index is 2.60. The quantitative estimate of drug-likeness (QED) is 0.337. The Bertz CT molecular complexity index is 582. The number of carbonyl (C=O) groups excluding carboxylic acids is 1. The molecule has 3 N–H and O–H groups in total. The molecule has 0 aromatic carbocycles. The van der Waals surface area contributed by atoms with Crippen LogP contribution in [0, 0.1) is 13.8 Å². The first-order chi connectivity index (χ1) is 11.9. The van der Waals surface area contributed by atoms with E-state index in [9.17, 15) is 4.79 Å². The van der Waals surface area contributed by atoms with Crippen LogP contribution in [0.25, 0.3) is 0 Å². The van der Waals surface area contributed by atoms with Crippen molar-refractivity contribution in [1.29, 1.82) is 0 Å². The predicted molar refractivity (Wildman–Crippen MR) is 99.8 cm³/mol. The van der Waals surface area contributed by atoms with Gasteiger partial charge in [0.25, 0.3) is 0 Å². The molecule has 25 heavy (non-hydrogen) atoms. The second kappa shape index (κ2) is 10.7. The summed E-state index contributed by atoms with van der Waals surface area (Å²) in [6.45, 7) is 9.99. The molecular formula is C17H32N6O2. The number of nitrogens with zero attached hydrogens (tertiary/aromatic N) is 3. The third-order valence-electron chi connectivity index (χ3n) is 3.91. The summed E-state index contributed by atoms with van der Waals surface area (Å²) in [6.07, 6.45) is 0.843. The maximum absolute atomic E-state index is 11.8. The highest BCUT2D eigenvalue weighted by Crippen LogP contribution is 2.14. The lowest BCUT2D eigenvalue weighted by Crippen LogP contribution is -2.44. The minimum absolute atomic E-state index is 0.0801. The van der Waals surface area contributed by atoms with Crippen molar-refractivity contribution in [2.75, 3.05) is 33.4 Å². The van der Waals surface area contributed by atoms with Gasteiger partial charge in [0.1, 0.15) is 6.54 Å². The van der Waals surface area contributed by atoms with Crippen molar-refractivity contribution in [3.05, 3.63) is 17.0 Å². The van der Waals surface area contributed by atoms with E-state index in [0.717, 1.165) is 18.7 Å². The van der Waals surface area contributed by atoms with E-state index in [4.69, 9.17) is 4.74 Å². The first kappa shape index (κ1) is 21.0. The van der Waals surface area contributed by atoms with E-state index in [1.807, 2.05) is 25.6 Å². The molecule has 1 heterocycles. The maximum Gasteiger partial charge on any atom is 0.241 e. The molecule has 1 amide bonds. The molecular weight excluding hydrogens is 320 g/mol. The Morgan fingerprint density at radius 2 is 2.08 bits per heavy atom. The molecule has 0 aliphatic rings. The van der Waals surface area contributed by atoms with E-state index in [1.54, 1.807) is 7.11 Å². The number of hydrogen-bond donors (Lipinski definition) is 3. The van der Waals surface area contributed by atoms with E-state index in [1.165, 1.54) is 11.3 Å². The molecule has 0 bridgehead atoms. The normalized spacial score (nSPS) is 12.8. The number of methoxy groups -OCH3 is 1. The van der Waals surface area contributed by atoms with Gasteiger partial charge in [-0.1, -0.05) is 0 Å². The number of aromatic nitrogens is 2. The fourth-order valence-corrected chi connectivity index (χ4v) is 2.52. The third kappa shape index (κ3) is 7.13. The second-order valence-corrected chi connectivity index (χ2v) is 6.06. The van der Waals surface area contributed by atoms with Crippen molar-refractivity contribution in [2.45, 2.75) is 40.2 Å². The van der Waals surface area contributed by atoms with Crippen molar-refractivity contribution >= 4 is 11.9 Å². The molecule has 8 heteroatoms. The molecule has 0 saturated carbocycles. The summed E-state index contributed by atoms with van der Waals surface area (Å²) in [5, 5.41) is 13.7. The topological polar surface area (TPSA) is 92.6 Å². The van der Waals surface area contributed by atoms with Crippen molar-refractivity contribution in [2.24, 2.45) is 12.0 Å². The minimum Gasteiger partial charge on any atom is -0.383 e. The monoisotopic (exact) mass is 352 g/mol. The molecule has 142 valence electrons. The number of aryl methyl sites for hydroxylation is 2. The fraction of sp³-hybridized carbons (Fsp3) is 0.706. The third-order valence-corrected chi connectivity index (χ3v) is 3.91. The lowest BCUT2D eigenvalue weighted by atomic mass is 10.1. The molecule has 0 aliphatic carbocycles. The van der Waals surface area contributed by atoms with Crippen LogP contribution in [0.4, 0.5) is 0 Å². The SMILES string of the molecule is CCNC(=NCC(=O)NCCOC)NC(C)Cc1c(C)nn(C)c1C. The van der Waals surface area contributed by atoms with Gasteiger partial charge >= 0.3 is 0 Å². The highest BCUT2D eigenvalue weighted by atomic mass is 16.5. The predicted octanol–water partition coefficient (Wildman–Crippen LogP) is 0.286. The fourth-order valence-electron chi connectivity index (χ4n) is 2.52. The molecule has 1 rings (SSSR count). The molecule has 1 aromatic rings. The van der Waals surface area contributed by atoms with Gasteiger partial charge in [-0.3, -0.25) is 9.48 Å². The van der Waals surface area contributed by atoms with Gasteiger partial charge in [0.15, 0.2) is 5.96 Å². The van der Waals surface area contributed by atoms with Gasteiger partial charge in [0.05, 0.1) is 12.3 Å². The highest BCUT2D eigenvalue weighted by Gasteiger charge is 2.14. The van der Waals surface area contributed by atoms with Crippen LogP contribution in [0.2, 0.25) is 0 Å². The van der Waals surface area contributed by atoms with Crippen LogP contribution in [0.15, 0.2) is 4.99 Å². The Kier molecular flexibility index (Phi) is 8.98. The van der Waals surface area contributed by atoms with Crippen LogP contribution in [-0.2, 0) is 23.0 Å². The van der Waals surface area contributed by atoms with Gasteiger partial charge in [-0.25, -0.2) is 4.99 Å². The van der Waals surface area contributed by atoms with E-state index in [0.29, 0.717) is 19.1 Å². The molecule has 0 saturated heterocycles. The van der Waals surface area contributed by atoms with E-state index < -0.39 is 0 Å². The number of guanidine groups is 1. The van der Waals surface area contributed by atoms with Gasteiger partial charge in [0.2, 0.25) is 5.91 Å². The van der Waals surface area contributed by atoms with Crippen molar-refractivity contribution in [3.8, 4) is 0 Å². The molecule has 1 unspecified atom stereocenters. The molecule has 0 radical (unpaired) electrons. The number of hydrogen-bond acceptors (Lipinski definition) is 4. The highest BCUT2D eigenvalue weighted by molar-refractivity contribution is 5.85. The Labute approximate surface area is 150 Å². The smallest absolute Gasteiger partial charge is 0.241 e. The van der Waals surface area contributed by atoms with Crippen LogP contribution >= 0.6 is 0 Å². The van der Waals surface area contributed by atoms with Gasteiger partial charge in [-0.2, -0.15) is 5.10 Å². The lowest BCUT2D eigenvalue weighted by Gasteiger charge is -2.18. The van der Waals surface area contributed by atoms with Crippen LogP contribution < -0.4 is 16.0 Å². The summed E-state index contributed by atoms with van der Waals surface area (Å²) >= 11 is 0. The van der Waals surface area contributed by atoms with Crippen molar-refractivity contribution < 1.29 is 9.53 Å². The summed E-state index contributed by atoms with van der Waals surface area (Å²) in [5.41, 5.74) is 3.47. The number of ether oxygens (including phenoxy) is 1. The zero-order chi connectivity index (χ0) is 18.8. The molecule has 1 atom stereocenters. The van der Waals surface area contributed by atoms with Crippen molar-refractivity contribution in [1.82, 2.24) is 25.7 Å². The summed E-state index contributed by atoms with van der Waals surface area (Å²) in [5.74, 6) is 0.511. The molecule has 1 aromatic heterocycles. The van der Waals surface area contributed by atoms with Gasteiger partial charge < -0.3 is 20.7 Å². The average Bonchev–Trinajstić information content (AvgIpc) is 2.79. The maximum atomic E-state index is 11.8. The standard InChI is InChI=1S/C17H32N6O2/c1-7-18-17(20-11-16(24)19-8-9-25-6)21-12(2)10-15-13(3)22-23(5)14(15)4/h12H,7-11H2,1-6H3,(H,19,24)(H2,18,20,21). The second-order valence-electron chi connectivity index (χ2n) is 6.06. The molecule has 0 aliphatic heterocycles. The van der Waals surface area contributed by atoms with E-state index in [-0.39, 0.29) is 18.5 Å². The zero-order valence-corrected chi connectivity index (χ0v) is 16.3. The number of carbonyl (C=O) groups is 1. The number of aliphatic imine (C=N–C) groups is 1. The first-order valence-electron chi connectivity index (χ1n) is 8.68. The largest absolute Gasteiger partial charge is 0.383 e. The number of amides is 1. The first-order valence-corrected chi connectivity index (χ1v) is 8.68. The van der Waals surface area contributed by atoms with Gasteiger partial charge in [0, 0.05) is 39.0 Å². The zero-order valence-electron chi connectivity index (χ0n) is 16.3. The van der Waals surface area contributed by atoms with Gasteiger partial charge in [-0.15, -0.1) is 0 Å². The Morgan fingerprint density at radius 1 is 1.36 bits per heavy atom. The average molecular weight is 352 g/mol. The summed E-state index contributed by atoms with van der Waals surface area (Å²) < 4.78 is 6.81. The number of rotatable bonds is 9. The molecule has 8 nitrogen and oxygen atoms in total. The van der Waals surface area contributed by atoms with E-state index >= 15 is 0 Å². The molecule has 0 spiro atoms. The van der Waals surface area contributed by atoms with Crippen LogP contribution in [0.1, 0.15) is 30.8 Å². The number of nitrogens with one attached hydrogen (secondary N) is 3. The summed E-state index contributed by atoms with van der Waals surface area (Å²) in [7, 11) is 3.56. The van der Waals surface area contributed by atoms with Crippen LogP contribution in [0.5, 0.6) is 0 Å². The van der Waals surface area contributed by atoms with Crippen molar-refractivity contribution in [3.63, 3.8) is 0 Å². The van der Waals surface area contributed by atoms with Crippen LogP contribution in [-0.4, -0.2) is 61.0 Å². The van der Waals surface area contributed by atoms with E-state index in [2.05, 4.69) is 39.9 Å². The molecule has 0 fully saturated rings. The Morgan fingerprint density at radius 3 is 2.64 bits per heavy atom. The summed E-state index contributed by atoms with van der Waals surface area (Å²) in [6, 6.07) is 0.163.